The van der Waals surface area contributed by atoms with E-state index in [-0.39, 0.29) is 7.92 Å². The van der Waals surface area contributed by atoms with E-state index in [0.29, 0.717) is 0 Å². The van der Waals surface area contributed by atoms with E-state index in [2.05, 4.69) is 19.4 Å². The largest absolute Gasteiger partial charge is 0.462 e. The first-order valence-electron chi connectivity index (χ1n) is 4.13. The average molecular weight is 193 g/mol. The molecule has 1 aromatic carbocycles. The van der Waals surface area contributed by atoms with Gasteiger partial charge in [-0.05, 0) is 30.8 Å². The summed E-state index contributed by atoms with van der Waals surface area (Å²) in [7, 11) is -0.0976. The molecule has 2 aromatic rings. The lowest BCUT2D eigenvalue weighted by molar-refractivity contribution is 0.617. The number of anilines is 1. The van der Waals surface area contributed by atoms with Gasteiger partial charge in [0.2, 0.25) is 0 Å². The van der Waals surface area contributed by atoms with Crippen LogP contribution in [0.4, 0.5) is 5.69 Å². The van der Waals surface area contributed by atoms with Gasteiger partial charge in [0.25, 0.3) is 0 Å². The lowest BCUT2D eigenvalue weighted by atomic mass is 10.2. The Morgan fingerprint density at radius 1 is 1.23 bits per heavy atom. The quantitative estimate of drug-likeness (QED) is 0.557. The van der Waals surface area contributed by atoms with E-state index >= 15 is 0 Å². The highest BCUT2D eigenvalue weighted by Gasteiger charge is 2.08. The Morgan fingerprint density at radius 2 is 2.00 bits per heavy atom. The minimum Gasteiger partial charge on any atom is -0.462 e. The summed E-state index contributed by atoms with van der Waals surface area (Å²) in [6, 6.07) is 6.01. The van der Waals surface area contributed by atoms with Crippen LogP contribution in [0, 0.1) is 0 Å². The van der Waals surface area contributed by atoms with Crippen molar-refractivity contribution < 1.29 is 4.42 Å². The minimum absolute atomic E-state index is 0.0976. The van der Waals surface area contributed by atoms with Crippen molar-refractivity contribution in [2.75, 3.05) is 19.1 Å². The van der Waals surface area contributed by atoms with Gasteiger partial charge in [-0.15, -0.1) is 0 Å². The van der Waals surface area contributed by atoms with Gasteiger partial charge in [0.1, 0.15) is 0 Å². The average Bonchev–Trinajstić information content (AvgIpc) is 2.53. The third-order valence-electron chi connectivity index (χ3n) is 2.11. The van der Waals surface area contributed by atoms with Crippen molar-refractivity contribution in [3.8, 4) is 0 Å². The molecule has 0 bridgehead atoms. The topological polar surface area (TPSA) is 39.2 Å². The summed E-state index contributed by atoms with van der Waals surface area (Å²) in [5.41, 5.74) is 7.33. The number of hydrogen-bond acceptors (Lipinski definition) is 2. The van der Waals surface area contributed by atoms with Crippen LogP contribution < -0.4 is 11.0 Å². The molecule has 2 rings (SSSR count). The predicted octanol–water partition coefficient (Wildman–Crippen LogP) is 2.38. The van der Waals surface area contributed by atoms with Crippen LogP contribution in [0.2, 0.25) is 0 Å². The molecule has 1 aromatic heterocycles. The zero-order valence-electron chi connectivity index (χ0n) is 7.74. The fourth-order valence-corrected chi connectivity index (χ4v) is 2.49. The molecule has 3 heteroatoms. The van der Waals surface area contributed by atoms with E-state index in [1.54, 1.807) is 6.26 Å². The molecule has 0 aliphatic carbocycles. The van der Waals surface area contributed by atoms with Crippen molar-refractivity contribution in [3.63, 3.8) is 0 Å². The standard InChI is InChI=1S/C10H12NOP/c1-13(2)9-4-3-8(11)10-7(9)5-6-12-10/h3-6H,11H2,1-2H3. The maximum absolute atomic E-state index is 5.78. The van der Waals surface area contributed by atoms with Crippen molar-refractivity contribution >= 4 is 29.9 Å². The van der Waals surface area contributed by atoms with Gasteiger partial charge in [-0.3, -0.25) is 0 Å². The van der Waals surface area contributed by atoms with Crippen molar-refractivity contribution in [3.05, 3.63) is 24.5 Å². The second-order valence-corrected chi connectivity index (χ2v) is 5.50. The van der Waals surface area contributed by atoms with Crippen LogP contribution in [0.5, 0.6) is 0 Å². The van der Waals surface area contributed by atoms with Crippen LogP contribution in [-0.4, -0.2) is 13.3 Å². The molecule has 0 radical (unpaired) electrons. The summed E-state index contributed by atoms with van der Waals surface area (Å²) < 4.78 is 5.32. The van der Waals surface area contributed by atoms with Gasteiger partial charge in [0, 0.05) is 5.39 Å². The minimum atomic E-state index is -0.0976. The predicted molar refractivity (Wildman–Crippen MR) is 59.0 cm³/mol. The van der Waals surface area contributed by atoms with Crippen molar-refractivity contribution in [2.24, 2.45) is 0 Å². The molecule has 1 heterocycles. The number of furan rings is 1. The maximum Gasteiger partial charge on any atom is 0.157 e. The zero-order chi connectivity index (χ0) is 9.42. The highest BCUT2D eigenvalue weighted by Crippen LogP contribution is 2.31. The van der Waals surface area contributed by atoms with E-state index in [9.17, 15) is 0 Å². The molecule has 0 saturated carbocycles. The van der Waals surface area contributed by atoms with E-state index in [1.807, 2.05) is 12.1 Å². The Morgan fingerprint density at radius 3 is 2.69 bits per heavy atom. The summed E-state index contributed by atoms with van der Waals surface area (Å²) >= 11 is 0. The van der Waals surface area contributed by atoms with E-state index in [0.717, 1.165) is 16.7 Å². The summed E-state index contributed by atoms with van der Waals surface area (Å²) in [5.74, 6) is 0. The number of rotatable bonds is 1. The van der Waals surface area contributed by atoms with Crippen molar-refractivity contribution in [2.45, 2.75) is 0 Å². The molecule has 0 aliphatic heterocycles. The van der Waals surface area contributed by atoms with Crippen LogP contribution >= 0.6 is 7.92 Å². The summed E-state index contributed by atoms with van der Waals surface area (Å²) in [6.07, 6.45) is 1.70. The third kappa shape index (κ3) is 1.31. The highest BCUT2D eigenvalue weighted by atomic mass is 31.1. The lowest BCUT2D eigenvalue weighted by Gasteiger charge is -2.07. The molecule has 13 heavy (non-hydrogen) atoms. The number of nitrogen functional groups attached to an aromatic ring is 1. The molecular formula is C10H12NOP. The van der Waals surface area contributed by atoms with Gasteiger partial charge < -0.3 is 10.2 Å². The van der Waals surface area contributed by atoms with Gasteiger partial charge in [0.05, 0.1) is 12.0 Å². The molecule has 0 aliphatic rings. The maximum atomic E-state index is 5.78. The highest BCUT2D eigenvalue weighted by molar-refractivity contribution is 7.64. The van der Waals surface area contributed by atoms with Crippen molar-refractivity contribution in [1.82, 2.24) is 0 Å². The van der Waals surface area contributed by atoms with Gasteiger partial charge in [-0.1, -0.05) is 14.0 Å². The zero-order valence-corrected chi connectivity index (χ0v) is 8.64. The van der Waals surface area contributed by atoms with Gasteiger partial charge >= 0.3 is 0 Å². The van der Waals surface area contributed by atoms with E-state index < -0.39 is 0 Å². The van der Waals surface area contributed by atoms with Gasteiger partial charge in [0.15, 0.2) is 5.58 Å². The molecule has 0 spiro atoms. The number of benzene rings is 1. The Labute approximate surface area is 78.5 Å². The molecule has 0 fully saturated rings. The summed E-state index contributed by atoms with van der Waals surface area (Å²) in [5, 5.41) is 2.52. The van der Waals surface area contributed by atoms with Crippen LogP contribution in [0.1, 0.15) is 0 Å². The fourth-order valence-electron chi connectivity index (χ4n) is 1.46. The monoisotopic (exact) mass is 193 g/mol. The van der Waals surface area contributed by atoms with Crippen LogP contribution in [0.15, 0.2) is 28.9 Å². The van der Waals surface area contributed by atoms with Gasteiger partial charge in [-0.2, -0.15) is 0 Å². The molecule has 0 amide bonds. The van der Waals surface area contributed by atoms with Crippen molar-refractivity contribution in [1.29, 1.82) is 0 Å². The Bertz CT molecular complexity index is 433. The molecule has 0 saturated heterocycles. The molecule has 68 valence electrons. The SMILES string of the molecule is CP(C)c1ccc(N)c2occc12. The molecule has 2 nitrogen and oxygen atoms in total. The first kappa shape index (κ1) is 8.58. The second-order valence-electron chi connectivity index (χ2n) is 3.23. The first-order valence-corrected chi connectivity index (χ1v) is 6.37. The molecule has 0 atom stereocenters. The summed E-state index contributed by atoms with van der Waals surface area (Å²) in [4.78, 5) is 0. The van der Waals surface area contributed by atoms with E-state index in [4.69, 9.17) is 10.2 Å². The molecule has 2 N–H and O–H groups in total. The number of hydrogen-bond donors (Lipinski definition) is 1. The first-order chi connectivity index (χ1) is 6.20. The Hall–Kier alpha value is -1.01. The normalized spacial score (nSPS) is 11.3. The van der Waals surface area contributed by atoms with Crippen LogP contribution in [-0.2, 0) is 0 Å². The van der Waals surface area contributed by atoms with Crippen LogP contribution in [0.25, 0.3) is 11.0 Å². The van der Waals surface area contributed by atoms with Crippen LogP contribution in [0.3, 0.4) is 0 Å². The van der Waals surface area contributed by atoms with Gasteiger partial charge in [-0.25, -0.2) is 0 Å². The van der Waals surface area contributed by atoms with E-state index in [1.165, 1.54) is 5.30 Å². The number of fused-ring (bicyclic) bond motifs is 1. The molecular weight excluding hydrogens is 181 g/mol. The number of nitrogens with two attached hydrogens (primary N) is 1. The summed E-state index contributed by atoms with van der Waals surface area (Å²) in [6.45, 7) is 4.46. The third-order valence-corrected chi connectivity index (χ3v) is 3.46. The molecule has 0 unspecified atom stereocenters. The second kappa shape index (κ2) is 3.04. The lowest BCUT2D eigenvalue weighted by Crippen LogP contribution is -2.01. The Balaban J connectivity index is 2.78. The Kier molecular flexibility index (Phi) is 2.01. The fraction of sp³-hybridized carbons (Fsp3) is 0.200. The smallest absolute Gasteiger partial charge is 0.157 e.